The highest BCUT2D eigenvalue weighted by Crippen LogP contribution is 2.42. The maximum absolute atomic E-state index is 12.4. The van der Waals surface area contributed by atoms with Gasteiger partial charge in [-0.3, -0.25) is 9.59 Å². The maximum atomic E-state index is 12.4. The van der Waals surface area contributed by atoms with Crippen LogP contribution in [0.4, 0.5) is 10.9 Å². The lowest BCUT2D eigenvalue weighted by molar-refractivity contribution is -0.116. The average Bonchev–Trinajstić information content (AvgIpc) is 3.38. The average molecular weight is 513 g/mol. The number of amides is 2. The molecule has 0 radical (unpaired) electrons. The zero-order valence-corrected chi connectivity index (χ0v) is 21.2. The number of hydrogen-bond acceptors (Lipinski definition) is 7. The van der Waals surface area contributed by atoms with Gasteiger partial charge in [0.05, 0.1) is 18.5 Å². The highest BCUT2D eigenvalue weighted by Gasteiger charge is 2.28. The second-order valence-corrected chi connectivity index (χ2v) is 10.3. The molecule has 2 heterocycles. The summed E-state index contributed by atoms with van der Waals surface area (Å²) < 4.78 is 0. The molecular formula is C28H28N6O2S. The van der Waals surface area contributed by atoms with Crippen LogP contribution in [0, 0.1) is 0 Å². The normalized spacial score (nSPS) is 17.2. The Kier molecular flexibility index (Phi) is 7.90. The van der Waals surface area contributed by atoms with Gasteiger partial charge in [-0.25, -0.2) is 0 Å². The molecule has 2 unspecified atom stereocenters. The van der Waals surface area contributed by atoms with Crippen molar-refractivity contribution in [3.05, 3.63) is 94.6 Å². The lowest BCUT2D eigenvalue weighted by atomic mass is 9.80. The number of carbonyl (C=O) groups excluding carboxylic acids is 2. The Morgan fingerprint density at radius 2 is 1.38 bits per heavy atom. The molecule has 2 N–H and O–H groups in total. The summed E-state index contributed by atoms with van der Waals surface area (Å²) in [5, 5.41) is 24.4. The molecule has 1 fully saturated rings. The van der Waals surface area contributed by atoms with E-state index >= 15 is 0 Å². The summed E-state index contributed by atoms with van der Waals surface area (Å²) in [6, 6.07) is 23.0. The number of nitrogens with zero attached hydrogens (tertiary/aromatic N) is 4. The number of hydrogen-bond donors (Lipinski definition) is 2. The van der Waals surface area contributed by atoms with Crippen LogP contribution in [0.2, 0.25) is 0 Å². The molecule has 2 aromatic carbocycles. The molecule has 0 spiro atoms. The number of aromatic nitrogens is 4. The second-order valence-electron chi connectivity index (χ2n) is 9.27. The third-order valence-electron chi connectivity index (χ3n) is 6.50. The third kappa shape index (κ3) is 6.83. The molecule has 0 bridgehead atoms. The van der Waals surface area contributed by atoms with E-state index in [9.17, 15) is 9.59 Å². The fourth-order valence-corrected chi connectivity index (χ4v) is 5.58. The Morgan fingerprint density at radius 1 is 0.730 bits per heavy atom. The Labute approximate surface area is 219 Å². The molecule has 2 atom stereocenters. The van der Waals surface area contributed by atoms with E-state index in [1.807, 2.05) is 72.8 Å². The van der Waals surface area contributed by atoms with E-state index in [0.717, 1.165) is 47.5 Å². The molecule has 2 aromatic heterocycles. The number of anilines is 2. The Balaban J connectivity index is 1.15. The molecule has 1 saturated carbocycles. The van der Waals surface area contributed by atoms with Crippen molar-refractivity contribution in [3.63, 3.8) is 0 Å². The predicted molar refractivity (Wildman–Crippen MR) is 143 cm³/mol. The van der Waals surface area contributed by atoms with Crippen molar-refractivity contribution in [3.8, 4) is 0 Å². The first-order valence-electron chi connectivity index (χ1n) is 12.5. The highest BCUT2D eigenvalue weighted by atomic mass is 32.1. The van der Waals surface area contributed by atoms with E-state index < -0.39 is 0 Å². The number of benzene rings is 2. The van der Waals surface area contributed by atoms with Crippen molar-refractivity contribution >= 4 is 34.1 Å². The van der Waals surface area contributed by atoms with Gasteiger partial charge in [0.2, 0.25) is 16.9 Å². The van der Waals surface area contributed by atoms with Crippen LogP contribution < -0.4 is 10.6 Å². The lowest BCUT2D eigenvalue weighted by Crippen LogP contribution is -2.17. The van der Waals surface area contributed by atoms with Crippen LogP contribution in [0.5, 0.6) is 0 Å². The topological polar surface area (TPSA) is 110 Å². The molecule has 37 heavy (non-hydrogen) atoms. The minimum atomic E-state index is -0.117. The summed E-state index contributed by atoms with van der Waals surface area (Å²) in [4.78, 5) is 24.7. The van der Waals surface area contributed by atoms with Crippen LogP contribution in [-0.4, -0.2) is 32.2 Å². The van der Waals surface area contributed by atoms with E-state index in [4.69, 9.17) is 0 Å². The second kappa shape index (κ2) is 11.8. The number of rotatable bonds is 8. The van der Waals surface area contributed by atoms with Crippen LogP contribution in [-0.2, 0) is 22.4 Å². The monoisotopic (exact) mass is 512 g/mol. The van der Waals surface area contributed by atoms with E-state index in [1.54, 1.807) is 0 Å². The summed E-state index contributed by atoms with van der Waals surface area (Å²) in [6.07, 6.45) is 4.63. The highest BCUT2D eigenvalue weighted by molar-refractivity contribution is 7.15. The first-order valence-corrected chi connectivity index (χ1v) is 13.3. The van der Waals surface area contributed by atoms with Crippen LogP contribution in [0.3, 0.4) is 0 Å². The molecule has 4 aromatic rings. The summed E-state index contributed by atoms with van der Waals surface area (Å²) in [5.41, 5.74) is 2.84. The minimum Gasteiger partial charge on any atom is -0.309 e. The zero-order chi connectivity index (χ0) is 25.5. The number of nitrogens with one attached hydrogen (secondary N) is 2. The van der Waals surface area contributed by atoms with E-state index in [-0.39, 0.29) is 23.7 Å². The first kappa shape index (κ1) is 24.7. The van der Waals surface area contributed by atoms with Crippen molar-refractivity contribution < 1.29 is 9.59 Å². The Hall–Kier alpha value is -3.98. The van der Waals surface area contributed by atoms with Gasteiger partial charge in [0.1, 0.15) is 5.01 Å². The van der Waals surface area contributed by atoms with Crippen molar-refractivity contribution in [2.45, 2.75) is 50.4 Å². The third-order valence-corrected chi connectivity index (χ3v) is 7.50. The predicted octanol–water partition coefficient (Wildman–Crippen LogP) is 5.13. The van der Waals surface area contributed by atoms with Gasteiger partial charge in [-0.15, -0.1) is 15.3 Å². The molecule has 8 nitrogen and oxygen atoms in total. The van der Waals surface area contributed by atoms with E-state index in [1.165, 1.54) is 11.3 Å². The standard InChI is InChI=1S/C28H28N6O2S/c35-25(16-19-8-3-1-4-9-19)29-24-15-14-23(31-32-24)21-12-7-13-22(18-21)27-33-34-28(37-27)30-26(36)17-20-10-5-2-6-11-20/h1-6,8-11,14-15,21-22H,7,12-13,16-18H2,(H,29,32,35)(H,30,34,36). The van der Waals surface area contributed by atoms with Gasteiger partial charge in [-0.2, -0.15) is 5.10 Å². The molecule has 2 amide bonds. The molecule has 9 heteroatoms. The fraction of sp³-hybridized carbons (Fsp3) is 0.286. The SMILES string of the molecule is O=C(Cc1ccccc1)Nc1ccc(C2CCCC(c3nnc(NC(=O)Cc4ccccc4)s3)C2)nn1. The summed E-state index contributed by atoms with van der Waals surface area (Å²) in [6.45, 7) is 0. The smallest absolute Gasteiger partial charge is 0.230 e. The summed E-state index contributed by atoms with van der Waals surface area (Å²) in [5.74, 6) is 0.774. The molecule has 0 saturated heterocycles. The van der Waals surface area contributed by atoms with Crippen LogP contribution in [0.15, 0.2) is 72.8 Å². The lowest BCUT2D eigenvalue weighted by Gasteiger charge is -2.27. The van der Waals surface area contributed by atoms with Crippen molar-refractivity contribution in [2.75, 3.05) is 10.6 Å². The van der Waals surface area contributed by atoms with Crippen LogP contribution in [0.1, 0.15) is 59.3 Å². The Morgan fingerprint density at radius 3 is 2.03 bits per heavy atom. The minimum absolute atomic E-state index is 0.0957. The molecular weight excluding hydrogens is 484 g/mol. The molecule has 0 aliphatic heterocycles. The van der Waals surface area contributed by atoms with E-state index in [2.05, 4.69) is 31.0 Å². The van der Waals surface area contributed by atoms with Crippen molar-refractivity contribution in [1.82, 2.24) is 20.4 Å². The quantitative estimate of drug-likeness (QED) is 0.339. The van der Waals surface area contributed by atoms with Gasteiger partial charge >= 0.3 is 0 Å². The summed E-state index contributed by atoms with van der Waals surface area (Å²) >= 11 is 1.45. The van der Waals surface area contributed by atoms with Gasteiger partial charge in [-0.1, -0.05) is 78.4 Å². The Bertz CT molecular complexity index is 1330. The van der Waals surface area contributed by atoms with Gasteiger partial charge in [0.25, 0.3) is 0 Å². The van der Waals surface area contributed by atoms with Crippen molar-refractivity contribution in [2.24, 2.45) is 0 Å². The van der Waals surface area contributed by atoms with Crippen molar-refractivity contribution in [1.29, 1.82) is 0 Å². The largest absolute Gasteiger partial charge is 0.309 e. The fourth-order valence-electron chi connectivity index (χ4n) is 4.67. The van der Waals surface area contributed by atoms with Gasteiger partial charge in [0.15, 0.2) is 5.82 Å². The van der Waals surface area contributed by atoms with Crippen LogP contribution in [0.25, 0.3) is 0 Å². The molecule has 1 aliphatic rings. The number of carbonyl (C=O) groups is 2. The summed E-state index contributed by atoms with van der Waals surface area (Å²) in [7, 11) is 0. The van der Waals surface area contributed by atoms with Gasteiger partial charge < -0.3 is 10.6 Å². The zero-order valence-electron chi connectivity index (χ0n) is 20.3. The first-order chi connectivity index (χ1) is 18.1. The van der Waals surface area contributed by atoms with E-state index in [0.29, 0.717) is 23.8 Å². The van der Waals surface area contributed by atoms with Gasteiger partial charge in [-0.05, 0) is 42.5 Å². The molecule has 1 aliphatic carbocycles. The maximum Gasteiger partial charge on any atom is 0.230 e. The molecule has 188 valence electrons. The molecule has 5 rings (SSSR count). The van der Waals surface area contributed by atoms with Crippen LogP contribution >= 0.6 is 11.3 Å². The van der Waals surface area contributed by atoms with Gasteiger partial charge in [0, 0.05) is 11.8 Å².